The van der Waals surface area contributed by atoms with Crippen molar-refractivity contribution in [3.63, 3.8) is 0 Å². The van der Waals surface area contributed by atoms with Gasteiger partial charge in [0.15, 0.2) is 0 Å². The first kappa shape index (κ1) is 18.1. The molecule has 1 rings (SSSR count). The van der Waals surface area contributed by atoms with E-state index in [4.69, 9.17) is 0 Å². The third-order valence-corrected chi connectivity index (χ3v) is 5.59. The quantitative estimate of drug-likeness (QED) is 0.667. The Morgan fingerprint density at radius 3 is 2.71 bits per heavy atom. The molecule has 7 heteroatoms. The van der Waals surface area contributed by atoms with Crippen LogP contribution in [0.2, 0.25) is 0 Å². The summed E-state index contributed by atoms with van der Waals surface area (Å²) in [6.07, 6.45) is 5.89. The van der Waals surface area contributed by atoms with E-state index in [1.54, 1.807) is 17.9 Å². The molecule has 0 bridgehead atoms. The van der Waals surface area contributed by atoms with Gasteiger partial charge in [0.25, 0.3) is 0 Å². The molecule has 0 aliphatic carbocycles. The highest BCUT2D eigenvalue weighted by Crippen LogP contribution is 2.17. The maximum Gasteiger partial charge on any atom is 0.246 e. The monoisotopic (exact) mass is 316 g/mol. The molecule has 0 radical (unpaired) electrons. The van der Waals surface area contributed by atoms with Crippen LogP contribution in [0.4, 0.5) is 0 Å². The van der Waals surface area contributed by atoms with Gasteiger partial charge in [0.2, 0.25) is 10.0 Å². The van der Waals surface area contributed by atoms with Gasteiger partial charge in [-0.25, -0.2) is 8.42 Å². The number of rotatable bonds is 10. The maximum absolute atomic E-state index is 12.4. The molecule has 6 nitrogen and oxygen atoms in total. The second-order valence-corrected chi connectivity index (χ2v) is 7.32. The molecule has 0 spiro atoms. The van der Waals surface area contributed by atoms with E-state index in [1.165, 1.54) is 10.5 Å². The van der Waals surface area contributed by atoms with Crippen LogP contribution in [0.3, 0.4) is 0 Å². The van der Waals surface area contributed by atoms with Crippen LogP contribution in [0.5, 0.6) is 0 Å². The molecule has 0 saturated carbocycles. The van der Waals surface area contributed by atoms with Crippen molar-refractivity contribution in [2.75, 3.05) is 20.1 Å². The molecule has 0 aliphatic rings. The zero-order valence-corrected chi connectivity index (χ0v) is 14.4. The fraction of sp³-hybridized carbons (Fsp3) is 0.786. The summed E-state index contributed by atoms with van der Waals surface area (Å²) in [5.41, 5.74) is 0. The van der Waals surface area contributed by atoms with Crippen LogP contribution in [0.15, 0.2) is 17.3 Å². The van der Waals surface area contributed by atoms with Gasteiger partial charge in [-0.05, 0) is 39.3 Å². The van der Waals surface area contributed by atoms with Gasteiger partial charge in [0.05, 0.1) is 6.20 Å². The normalized spacial score (nSPS) is 13.8. The lowest BCUT2D eigenvalue weighted by Gasteiger charge is -2.22. The fourth-order valence-corrected chi connectivity index (χ4v) is 3.32. The first-order chi connectivity index (χ1) is 9.93. The Morgan fingerprint density at radius 1 is 1.38 bits per heavy atom. The molecule has 1 unspecified atom stereocenters. The van der Waals surface area contributed by atoms with Crippen molar-refractivity contribution in [1.29, 1.82) is 0 Å². The zero-order valence-electron chi connectivity index (χ0n) is 13.5. The molecular weight excluding hydrogens is 288 g/mol. The second-order valence-electron chi connectivity index (χ2n) is 5.32. The highest BCUT2D eigenvalue weighted by molar-refractivity contribution is 7.89. The standard InChI is InChI=1S/C14H28N4O2S/c1-5-8-15-9-7-10-18-12-14(11-16-18)21(19,20)17(4)13(3)6-2/h11-13,15H,5-10H2,1-4H3. The Kier molecular flexibility index (Phi) is 7.34. The topological polar surface area (TPSA) is 67.2 Å². The van der Waals surface area contributed by atoms with Gasteiger partial charge in [0, 0.05) is 25.8 Å². The van der Waals surface area contributed by atoms with Crippen LogP contribution in [0.1, 0.15) is 40.0 Å². The zero-order chi connectivity index (χ0) is 15.9. The fourth-order valence-electron chi connectivity index (χ4n) is 1.93. The molecule has 1 heterocycles. The third kappa shape index (κ3) is 5.09. The van der Waals surface area contributed by atoms with Crippen molar-refractivity contribution < 1.29 is 8.42 Å². The van der Waals surface area contributed by atoms with E-state index >= 15 is 0 Å². The maximum atomic E-state index is 12.4. The summed E-state index contributed by atoms with van der Waals surface area (Å²) >= 11 is 0. The van der Waals surface area contributed by atoms with E-state index in [-0.39, 0.29) is 10.9 Å². The molecule has 0 aromatic carbocycles. The van der Waals surface area contributed by atoms with E-state index < -0.39 is 10.0 Å². The predicted molar refractivity (Wildman–Crippen MR) is 84.7 cm³/mol. The van der Waals surface area contributed by atoms with E-state index in [9.17, 15) is 8.42 Å². The van der Waals surface area contributed by atoms with Crippen LogP contribution >= 0.6 is 0 Å². The molecule has 21 heavy (non-hydrogen) atoms. The Bertz CT molecular complexity index is 513. The smallest absolute Gasteiger partial charge is 0.246 e. The van der Waals surface area contributed by atoms with Crippen molar-refractivity contribution in [1.82, 2.24) is 19.4 Å². The average Bonchev–Trinajstić information content (AvgIpc) is 2.95. The SMILES string of the molecule is CCCNCCCn1cc(S(=O)(=O)N(C)C(C)CC)cn1. The summed E-state index contributed by atoms with van der Waals surface area (Å²) in [5.74, 6) is 0. The third-order valence-electron chi connectivity index (χ3n) is 3.67. The molecule has 1 N–H and O–H groups in total. The largest absolute Gasteiger partial charge is 0.317 e. The first-order valence-corrected chi connectivity index (χ1v) is 9.08. The summed E-state index contributed by atoms with van der Waals surface area (Å²) in [7, 11) is -1.81. The lowest BCUT2D eigenvalue weighted by molar-refractivity contribution is 0.380. The molecule has 1 aromatic rings. The summed E-state index contributed by atoms with van der Waals surface area (Å²) in [4.78, 5) is 0.270. The summed E-state index contributed by atoms with van der Waals surface area (Å²) in [5, 5.41) is 7.47. The number of aromatic nitrogens is 2. The van der Waals surface area contributed by atoms with E-state index in [2.05, 4.69) is 17.3 Å². The predicted octanol–water partition coefficient (Wildman–Crippen LogP) is 1.69. The molecule has 0 amide bonds. The second kappa shape index (κ2) is 8.51. The van der Waals surface area contributed by atoms with Crippen molar-refractivity contribution in [3.05, 3.63) is 12.4 Å². The van der Waals surface area contributed by atoms with Gasteiger partial charge in [0.1, 0.15) is 4.90 Å². The van der Waals surface area contributed by atoms with Crippen LogP contribution in [0.25, 0.3) is 0 Å². The van der Waals surface area contributed by atoms with Crippen LogP contribution in [-0.2, 0) is 16.6 Å². The number of hydrogen-bond acceptors (Lipinski definition) is 4. The molecule has 122 valence electrons. The lowest BCUT2D eigenvalue weighted by Crippen LogP contribution is -2.34. The van der Waals surface area contributed by atoms with Gasteiger partial charge in [-0.3, -0.25) is 4.68 Å². The average molecular weight is 316 g/mol. The Hall–Kier alpha value is -0.920. The Labute approximate surface area is 128 Å². The van der Waals surface area contributed by atoms with E-state index in [0.717, 1.165) is 38.9 Å². The summed E-state index contributed by atoms with van der Waals surface area (Å²) in [6.45, 7) is 8.66. The molecule has 1 atom stereocenters. The van der Waals surface area contributed by atoms with Crippen molar-refractivity contribution in [2.24, 2.45) is 0 Å². The summed E-state index contributed by atoms with van der Waals surface area (Å²) in [6, 6.07) is -0.0170. The minimum Gasteiger partial charge on any atom is -0.317 e. The number of sulfonamides is 1. The molecule has 0 saturated heterocycles. The molecule has 0 fully saturated rings. The highest BCUT2D eigenvalue weighted by Gasteiger charge is 2.25. The lowest BCUT2D eigenvalue weighted by atomic mass is 10.3. The number of aryl methyl sites for hydroxylation is 1. The number of nitrogens with one attached hydrogen (secondary N) is 1. The van der Waals surface area contributed by atoms with Crippen LogP contribution in [0, 0.1) is 0 Å². The minimum absolute atomic E-state index is 0.0170. The Balaban J connectivity index is 2.61. The van der Waals surface area contributed by atoms with Gasteiger partial charge in [-0.15, -0.1) is 0 Å². The van der Waals surface area contributed by atoms with Crippen LogP contribution in [-0.4, -0.2) is 48.7 Å². The molecule has 0 aliphatic heterocycles. The van der Waals surface area contributed by atoms with Crippen molar-refractivity contribution in [3.8, 4) is 0 Å². The Morgan fingerprint density at radius 2 is 2.10 bits per heavy atom. The number of hydrogen-bond donors (Lipinski definition) is 1. The van der Waals surface area contributed by atoms with Gasteiger partial charge in [-0.2, -0.15) is 9.40 Å². The molecular formula is C14H28N4O2S. The van der Waals surface area contributed by atoms with Gasteiger partial charge >= 0.3 is 0 Å². The first-order valence-electron chi connectivity index (χ1n) is 7.64. The van der Waals surface area contributed by atoms with Gasteiger partial charge < -0.3 is 5.32 Å². The van der Waals surface area contributed by atoms with Crippen LogP contribution < -0.4 is 5.32 Å². The van der Waals surface area contributed by atoms with E-state index in [0.29, 0.717) is 0 Å². The van der Waals surface area contributed by atoms with Crippen molar-refractivity contribution >= 4 is 10.0 Å². The number of nitrogens with zero attached hydrogens (tertiary/aromatic N) is 3. The van der Waals surface area contributed by atoms with Crippen molar-refractivity contribution in [2.45, 2.75) is 57.5 Å². The minimum atomic E-state index is -3.43. The summed E-state index contributed by atoms with van der Waals surface area (Å²) < 4.78 is 28.0. The van der Waals surface area contributed by atoms with E-state index in [1.807, 2.05) is 13.8 Å². The molecule has 1 aromatic heterocycles. The highest BCUT2D eigenvalue weighted by atomic mass is 32.2. The van der Waals surface area contributed by atoms with Gasteiger partial charge in [-0.1, -0.05) is 13.8 Å².